The van der Waals surface area contributed by atoms with Crippen molar-refractivity contribution in [1.82, 2.24) is 0 Å². The van der Waals surface area contributed by atoms with E-state index in [4.69, 9.17) is 14.9 Å². The Morgan fingerprint density at radius 1 is 1.73 bits per heavy atom. The lowest BCUT2D eigenvalue weighted by atomic mass is 10.0. The summed E-state index contributed by atoms with van der Waals surface area (Å²) in [6.45, 7) is 1.60. The van der Waals surface area contributed by atoms with Crippen LogP contribution in [0.25, 0.3) is 0 Å². The maximum atomic E-state index is 9.00. The van der Waals surface area contributed by atoms with Gasteiger partial charge in [-0.2, -0.15) is 0 Å². The number of hydrogen-bond donors (Lipinski definition) is 2. The Morgan fingerprint density at radius 3 is 2.91 bits per heavy atom. The van der Waals surface area contributed by atoms with Crippen LogP contribution in [0, 0.1) is 0 Å². The SMILES string of the molecule is CC(O)OC1CC=C(O)CC1. The summed E-state index contributed by atoms with van der Waals surface area (Å²) in [6.07, 6.45) is 3.29. The van der Waals surface area contributed by atoms with E-state index in [1.54, 1.807) is 13.0 Å². The van der Waals surface area contributed by atoms with Gasteiger partial charge in [-0.05, 0) is 25.8 Å². The van der Waals surface area contributed by atoms with Gasteiger partial charge in [0.2, 0.25) is 0 Å². The number of rotatable bonds is 2. The Kier molecular flexibility index (Phi) is 2.91. The van der Waals surface area contributed by atoms with Crippen molar-refractivity contribution in [2.24, 2.45) is 0 Å². The maximum absolute atomic E-state index is 9.00. The Bertz CT molecular complexity index is 151. The molecule has 0 aromatic carbocycles. The van der Waals surface area contributed by atoms with Gasteiger partial charge < -0.3 is 14.9 Å². The minimum Gasteiger partial charge on any atom is -0.513 e. The van der Waals surface area contributed by atoms with E-state index in [1.807, 2.05) is 0 Å². The van der Waals surface area contributed by atoms with Gasteiger partial charge in [0.15, 0.2) is 6.29 Å². The van der Waals surface area contributed by atoms with E-state index < -0.39 is 6.29 Å². The van der Waals surface area contributed by atoms with Crippen LogP contribution >= 0.6 is 0 Å². The fourth-order valence-electron chi connectivity index (χ4n) is 1.20. The maximum Gasteiger partial charge on any atom is 0.152 e. The van der Waals surface area contributed by atoms with Crippen LogP contribution in [-0.4, -0.2) is 22.6 Å². The molecule has 0 amide bonds. The van der Waals surface area contributed by atoms with E-state index in [2.05, 4.69) is 0 Å². The standard InChI is InChI=1S/C8H14O3/c1-6(9)11-8-4-2-7(10)3-5-8/h2,6,8-10H,3-5H2,1H3. The molecule has 3 nitrogen and oxygen atoms in total. The molecule has 0 heterocycles. The van der Waals surface area contributed by atoms with Gasteiger partial charge in [0.05, 0.1) is 11.9 Å². The molecule has 0 saturated carbocycles. The van der Waals surface area contributed by atoms with Crippen molar-refractivity contribution in [3.63, 3.8) is 0 Å². The third-order valence-electron chi connectivity index (χ3n) is 1.73. The number of aliphatic hydroxyl groups is 2. The summed E-state index contributed by atoms with van der Waals surface area (Å²) in [5, 5.41) is 17.9. The largest absolute Gasteiger partial charge is 0.513 e. The third kappa shape index (κ3) is 2.91. The molecule has 0 bridgehead atoms. The van der Waals surface area contributed by atoms with Crippen molar-refractivity contribution in [3.05, 3.63) is 11.8 Å². The van der Waals surface area contributed by atoms with Gasteiger partial charge in [-0.15, -0.1) is 0 Å². The first-order chi connectivity index (χ1) is 5.18. The highest BCUT2D eigenvalue weighted by molar-refractivity contribution is 4.97. The van der Waals surface area contributed by atoms with E-state index in [9.17, 15) is 0 Å². The first kappa shape index (κ1) is 8.56. The minimum atomic E-state index is -0.700. The molecule has 0 aromatic rings. The Morgan fingerprint density at radius 2 is 2.45 bits per heavy atom. The van der Waals surface area contributed by atoms with Crippen molar-refractivity contribution in [2.75, 3.05) is 0 Å². The van der Waals surface area contributed by atoms with Crippen molar-refractivity contribution >= 4 is 0 Å². The predicted octanol–water partition coefficient (Wildman–Crippen LogP) is 1.34. The Hall–Kier alpha value is -0.540. The Labute approximate surface area is 66.3 Å². The molecule has 0 spiro atoms. The van der Waals surface area contributed by atoms with Gasteiger partial charge in [-0.25, -0.2) is 0 Å². The first-order valence-corrected chi connectivity index (χ1v) is 3.90. The first-order valence-electron chi connectivity index (χ1n) is 3.90. The molecule has 64 valence electrons. The molecule has 2 N–H and O–H groups in total. The predicted molar refractivity (Wildman–Crippen MR) is 41.1 cm³/mol. The Balaban J connectivity index is 2.29. The topological polar surface area (TPSA) is 49.7 Å². The number of hydrogen-bond acceptors (Lipinski definition) is 3. The van der Waals surface area contributed by atoms with Crippen molar-refractivity contribution in [2.45, 2.75) is 38.6 Å². The van der Waals surface area contributed by atoms with Crippen LogP contribution in [0.15, 0.2) is 11.8 Å². The van der Waals surface area contributed by atoms with Crippen LogP contribution in [0.5, 0.6) is 0 Å². The highest BCUT2D eigenvalue weighted by Crippen LogP contribution is 2.19. The molecule has 3 heteroatoms. The summed E-state index contributed by atoms with van der Waals surface area (Å²) in [4.78, 5) is 0. The molecule has 1 aliphatic rings. The van der Waals surface area contributed by atoms with Gasteiger partial charge in [0.25, 0.3) is 0 Å². The van der Waals surface area contributed by atoms with E-state index in [1.165, 1.54) is 0 Å². The minimum absolute atomic E-state index is 0.0749. The number of ether oxygens (including phenoxy) is 1. The second-order valence-electron chi connectivity index (χ2n) is 2.83. The van der Waals surface area contributed by atoms with Crippen LogP contribution in [-0.2, 0) is 4.74 Å². The summed E-state index contributed by atoms with van der Waals surface area (Å²) in [7, 11) is 0. The average molecular weight is 158 g/mol. The molecular formula is C8H14O3. The van der Waals surface area contributed by atoms with E-state index in [0.29, 0.717) is 18.6 Å². The summed E-state index contributed by atoms with van der Waals surface area (Å²) in [6, 6.07) is 0. The van der Waals surface area contributed by atoms with E-state index in [-0.39, 0.29) is 6.10 Å². The molecule has 1 rings (SSSR count). The second-order valence-corrected chi connectivity index (χ2v) is 2.83. The summed E-state index contributed by atoms with van der Waals surface area (Å²) >= 11 is 0. The average Bonchev–Trinajstić information content (AvgIpc) is 1.93. The van der Waals surface area contributed by atoms with Crippen LogP contribution in [0.2, 0.25) is 0 Å². The highest BCUT2D eigenvalue weighted by Gasteiger charge is 2.15. The summed E-state index contributed by atoms with van der Waals surface area (Å²) in [5.41, 5.74) is 0. The van der Waals surface area contributed by atoms with Gasteiger partial charge in [0, 0.05) is 6.42 Å². The van der Waals surface area contributed by atoms with E-state index in [0.717, 1.165) is 6.42 Å². The van der Waals surface area contributed by atoms with Gasteiger partial charge in [-0.1, -0.05) is 0 Å². The van der Waals surface area contributed by atoms with Crippen LogP contribution in [0.3, 0.4) is 0 Å². The highest BCUT2D eigenvalue weighted by atomic mass is 16.6. The molecule has 1 aliphatic carbocycles. The molecule has 0 saturated heterocycles. The molecule has 0 aromatic heterocycles. The number of allylic oxidation sites excluding steroid dienone is 1. The molecule has 2 atom stereocenters. The normalized spacial score (nSPS) is 27.8. The van der Waals surface area contributed by atoms with Crippen molar-refractivity contribution in [1.29, 1.82) is 0 Å². The van der Waals surface area contributed by atoms with E-state index >= 15 is 0 Å². The van der Waals surface area contributed by atoms with Crippen molar-refractivity contribution < 1.29 is 14.9 Å². The summed E-state index contributed by atoms with van der Waals surface area (Å²) in [5.74, 6) is 0.440. The van der Waals surface area contributed by atoms with Crippen LogP contribution < -0.4 is 0 Å². The van der Waals surface area contributed by atoms with Gasteiger partial charge >= 0.3 is 0 Å². The molecule has 11 heavy (non-hydrogen) atoms. The lowest BCUT2D eigenvalue weighted by molar-refractivity contribution is -0.126. The molecule has 2 unspecified atom stereocenters. The zero-order valence-electron chi connectivity index (χ0n) is 6.66. The molecule has 0 aliphatic heterocycles. The lowest BCUT2D eigenvalue weighted by Crippen LogP contribution is -2.21. The summed E-state index contributed by atoms with van der Waals surface area (Å²) < 4.78 is 5.14. The fourth-order valence-corrected chi connectivity index (χ4v) is 1.20. The monoisotopic (exact) mass is 158 g/mol. The molecule has 0 fully saturated rings. The molecular weight excluding hydrogens is 144 g/mol. The fraction of sp³-hybridized carbons (Fsp3) is 0.750. The quantitative estimate of drug-likeness (QED) is 0.596. The third-order valence-corrected chi connectivity index (χ3v) is 1.73. The zero-order chi connectivity index (χ0) is 8.27. The second kappa shape index (κ2) is 3.74. The zero-order valence-corrected chi connectivity index (χ0v) is 6.66. The number of aliphatic hydroxyl groups excluding tert-OH is 2. The van der Waals surface area contributed by atoms with Gasteiger partial charge in [-0.3, -0.25) is 0 Å². The smallest absolute Gasteiger partial charge is 0.152 e. The molecule has 0 radical (unpaired) electrons. The van der Waals surface area contributed by atoms with Crippen LogP contribution in [0.4, 0.5) is 0 Å². The van der Waals surface area contributed by atoms with Crippen molar-refractivity contribution in [3.8, 4) is 0 Å². The lowest BCUT2D eigenvalue weighted by Gasteiger charge is -2.21. The van der Waals surface area contributed by atoms with Crippen LogP contribution in [0.1, 0.15) is 26.2 Å². The van der Waals surface area contributed by atoms with Gasteiger partial charge in [0.1, 0.15) is 0 Å².